The lowest BCUT2D eigenvalue weighted by atomic mass is 10.3. The zero-order valence-corrected chi connectivity index (χ0v) is 9.35. The molecule has 0 aliphatic rings. The van der Waals surface area contributed by atoms with Gasteiger partial charge in [-0.05, 0) is 12.1 Å². The number of benzene rings is 1. The first kappa shape index (κ1) is 11.6. The number of likely N-dealkylation sites (N-methyl/N-ethyl adjacent to an activating group) is 1. The fourth-order valence-corrected chi connectivity index (χ4v) is 1.42. The maximum atomic E-state index is 5.89. The Morgan fingerprint density at radius 3 is 2.43 bits per heavy atom. The average Bonchev–Trinajstić information content (AvgIpc) is 2.09. The highest BCUT2D eigenvalue weighted by Crippen LogP contribution is 2.32. The molecule has 0 unspecified atom stereocenters. The predicted octanol–water partition coefficient (Wildman–Crippen LogP) is 2.18. The average molecular weight is 235 g/mol. The van der Waals surface area contributed by atoms with Crippen LogP contribution in [0.25, 0.3) is 0 Å². The van der Waals surface area contributed by atoms with Gasteiger partial charge in [0, 0.05) is 13.6 Å². The van der Waals surface area contributed by atoms with Gasteiger partial charge in [-0.25, -0.2) is 5.01 Å². The summed E-state index contributed by atoms with van der Waals surface area (Å²) in [5.41, 5.74) is 0. The number of hydrazine groups is 1. The molecule has 78 valence electrons. The Bertz CT molecular complexity index is 285. The topological polar surface area (TPSA) is 38.5 Å². The summed E-state index contributed by atoms with van der Waals surface area (Å²) in [4.78, 5) is 0. The summed E-state index contributed by atoms with van der Waals surface area (Å²) in [5, 5.41) is 2.56. The van der Waals surface area contributed by atoms with Crippen molar-refractivity contribution in [1.82, 2.24) is 5.01 Å². The smallest absolute Gasteiger partial charge is 0.156 e. The highest BCUT2D eigenvalue weighted by molar-refractivity contribution is 6.37. The van der Waals surface area contributed by atoms with Crippen LogP contribution in [0.3, 0.4) is 0 Å². The summed E-state index contributed by atoms with van der Waals surface area (Å²) < 4.78 is 5.39. The van der Waals surface area contributed by atoms with Crippen molar-refractivity contribution < 1.29 is 4.74 Å². The molecule has 0 bridgehead atoms. The van der Waals surface area contributed by atoms with Gasteiger partial charge in [-0.2, -0.15) is 0 Å². The molecule has 0 atom stereocenters. The van der Waals surface area contributed by atoms with Gasteiger partial charge in [0.25, 0.3) is 0 Å². The highest BCUT2D eigenvalue weighted by atomic mass is 35.5. The minimum absolute atomic E-state index is 0.455. The number of halogens is 2. The van der Waals surface area contributed by atoms with Crippen LogP contribution in [-0.4, -0.2) is 25.2 Å². The number of nitrogens with two attached hydrogens (primary N) is 1. The Hall–Kier alpha value is -0.480. The van der Waals surface area contributed by atoms with Crippen LogP contribution in [0.4, 0.5) is 0 Å². The molecular formula is C9H12Cl2N2O. The maximum absolute atomic E-state index is 5.89. The number of rotatable bonds is 4. The summed E-state index contributed by atoms with van der Waals surface area (Å²) in [6.07, 6.45) is 0. The van der Waals surface area contributed by atoms with E-state index in [1.165, 1.54) is 5.01 Å². The molecule has 0 aromatic heterocycles. The molecule has 0 amide bonds. The van der Waals surface area contributed by atoms with E-state index in [0.29, 0.717) is 28.9 Å². The fourth-order valence-electron chi connectivity index (χ4n) is 0.912. The van der Waals surface area contributed by atoms with E-state index in [2.05, 4.69) is 0 Å². The summed E-state index contributed by atoms with van der Waals surface area (Å²) in [6.45, 7) is 1.07. The first-order valence-electron chi connectivity index (χ1n) is 4.14. The molecule has 5 heteroatoms. The molecule has 0 heterocycles. The van der Waals surface area contributed by atoms with Crippen LogP contribution in [0, 0.1) is 0 Å². The van der Waals surface area contributed by atoms with Crippen molar-refractivity contribution in [2.75, 3.05) is 20.2 Å². The molecular weight excluding hydrogens is 223 g/mol. The minimum Gasteiger partial charge on any atom is -0.489 e. The molecule has 2 N–H and O–H groups in total. The van der Waals surface area contributed by atoms with Crippen molar-refractivity contribution in [3.63, 3.8) is 0 Å². The van der Waals surface area contributed by atoms with E-state index in [-0.39, 0.29) is 0 Å². The third-order valence-corrected chi connectivity index (χ3v) is 2.20. The summed E-state index contributed by atoms with van der Waals surface area (Å²) in [6, 6.07) is 5.23. The minimum atomic E-state index is 0.455. The zero-order valence-electron chi connectivity index (χ0n) is 7.84. The van der Waals surface area contributed by atoms with Crippen molar-refractivity contribution in [2.45, 2.75) is 0 Å². The van der Waals surface area contributed by atoms with Crippen LogP contribution in [-0.2, 0) is 0 Å². The molecule has 0 fully saturated rings. The molecule has 0 radical (unpaired) electrons. The molecule has 3 nitrogen and oxygen atoms in total. The molecule has 0 saturated heterocycles. The van der Waals surface area contributed by atoms with Crippen LogP contribution in [0.2, 0.25) is 10.0 Å². The van der Waals surface area contributed by atoms with E-state index in [9.17, 15) is 0 Å². The summed E-state index contributed by atoms with van der Waals surface area (Å²) in [7, 11) is 1.76. The Kier molecular flexibility index (Phi) is 4.48. The van der Waals surface area contributed by atoms with E-state index in [1.54, 1.807) is 25.2 Å². The number of hydrogen-bond donors (Lipinski definition) is 1. The normalized spacial score (nSPS) is 10.6. The van der Waals surface area contributed by atoms with Crippen LogP contribution < -0.4 is 10.6 Å². The predicted molar refractivity (Wildman–Crippen MR) is 58.8 cm³/mol. The molecule has 1 aromatic carbocycles. The Morgan fingerprint density at radius 2 is 1.93 bits per heavy atom. The number of ether oxygens (including phenoxy) is 1. The van der Waals surface area contributed by atoms with Gasteiger partial charge in [-0.1, -0.05) is 29.3 Å². The van der Waals surface area contributed by atoms with E-state index < -0.39 is 0 Å². The number of para-hydroxylation sites is 1. The Morgan fingerprint density at radius 1 is 1.36 bits per heavy atom. The van der Waals surface area contributed by atoms with Gasteiger partial charge in [-0.3, -0.25) is 5.84 Å². The third-order valence-electron chi connectivity index (χ3n) is 1.61. The number of hydrogen-bond acceptors (Lipinski definition) is 3. The van der Waals surface area contributed by atoms with Gasteiger partial charge < -0.3 is 4.74 Å². The van der Waals surface area contributed by atoms with Crippen LogP contribution in [0.1, 0.15) is 0 Å². The SMILES string of the molecule is CN(N)CCOc1c(Cl)cccc1Cl. The molecule has 1 aromatic rings. The maximum Gasteiger partial charge on any atom is 0.156 e. The quantitative estimate of drug-likeness (QED) is 0.642. The lowest BCUT2D eigenvalue weighted by molar-refractivity contribution is 0.241. The van der Waals surface area contributed by atoms with Gasteiger partial charge in [0.2, 0.25) is 0 Å². The second kappa shape index (κ2) is 5.41. The second-order valence-electron chi connectivity index (χ2n) is 2.88. The third kappa shape index (κ3) is 3.35. The van der Waals surface area contributed by atoms with Crippen molar-refractivity contribution in [3.05, 3.63) is 28.2 Å². The molecule has 0 aliphatic heterocycles. The van der Waals surface area contributed by atoms with Gasteiger partial charge in [-0.15, -0.1) is 0 Å². The largest absolute Gasteiger partial charge is 0.489 e. The molecule has 0 aliphatic carbocycles. The first-order chi connectivity index (χ1) is 6.61. The van der Waals surface area contributed by atoms with E-state index in [1.807, 2.05) is 0 Å². The Labute approximate surface area is 93.3 Å². The fraction of sp³-hybridized carbons (Fsp3) is 0.333. The van der Waals surface area contributed by atoms with Gasteiger partial charge in [0.1, 0.15) is 6.61 Å². The van der Waals surface area contributed by atoms with Gasteiger partial charge >= 0.3 is 0 Å². The van der Waals surface area contributed by atoms with Crippen molar-refractivity contribution in [1.29, 1.82) is 0 Å². The Balaban J connectivity index is 2.58. The standard InChI is InChI=1S/C9H12Cl2N2O/c1-13(12)5-6-14-9-7(10)3-2-4-8(9)11/h2-4H,5-6,12H2,1H3. The van der Waals surface area contributed by atoms with Crippen molar-refractivity contribution in [3.8, 4) is 5.75 Å². The molecule has 1 rings (SSSR count). The van der Waals surface area contributed by atoms with E-state index >= 15 is 0 Å². The first-order valence-corrected chi connectivity index (χ1v) is 4.89. The lowest BCUT2D eigenvalue weighted by Crippen LogP contribution is -2.30. The van der Waals surface area contributed by atoms with E-state index in [0.717, 1.165) is 0 Å². The van der Waals surface area contributed by atoms with Gasteiger partial charge in [0.05, 0.1) is 10.0 Å². The van der Waals surface area contributed by atoms with Crippen LogP contribution in [0.5, 0.6) is 5.75 Å². The van der Waals surface area contributed by atoms with Crippen molar-refractivity contribution in [2.24, 2.45) is 5.84 Å². The summed E-state index contributed by atoms with van der Waals surface area (Å²) >= 11 is 11.8. The number of nitrogens with zero attached hydrogens (tertiary/aromatic N) is 1. The highest BCUT2D eigenvalue weighted by Gasteiger charge is 2.05. The van der Waals surface area contributed by atoms with Crippen LogP contribution in [0.15, 0.2) is 18.2 Å². The van der Waals surface area contributed by atoms with Crippen molar-refractivity contribution >= 4 is 23.2 Å². The molecule has 0 saturated carbocycles. The van der Waals surface area contributed by atoms with Crippen LogP contribution >= 0.6 is 23.2 Å². The monoisotopic (exact) mass is 234 g/mol. The van der Waals surface area contributed by atoms with E-state index in [4.69, 9.17) is 33.8 Å². The lowest BCUT2D eigenvalue weighted by Gasteiger charge is -2.12. The zero-order chi connectivity index (χ0) is 10.6. The molecule has 14 heavy (non-hydrogen) atoms. The second-order valence-corrected chi connectivity index (χ2v) is 3.69. The molecule has 0 spiro atoms. The van der Waals surface area contributed by atoms with Gasteiger partial charge in [0.15, 0.2) is 5.75 Å². The summed E-state index contributed by atoms with van der Waals surface area (Å²) in [5.74, 6) is 5.93.